The predicted octanol–water partition coefficient (Wildman–Crippen LogP) is 2.31. The van der Waals surface area contributed by atoms with Crippen LogP contribution in [-0.4, -0.2) is 15.1 Å². The van der Waals surface area contributed by atoms with Gasteiger partial charge in [-0.25, -0.2) is 9.97 Å². The SMILES string of the molecule is Cc1cc(-c2sccc2C)nc(CO)n1. The number of hydrogen-bond donors (Lipinski definition) is 1. The average Bonchev–Trinajstić information content (AvgIpc) is 2.63. The molecule has 2 aromatic heterocycles. The number of aryl methyl sites for hydroxylation is 2. The summed E-state index contributed by atoms with van der Waals surface area (Å²) < 4.78 is 0. The fraction of sp³-hybridized carbons (Fsp3) is 0.273. The molecule has 0 aromatic carbocycles. The zero-order chi connectivity index (χ0) is 10.8. The van der Waals surface area contributed by atoms with E-state index in [1.807, 2.05) is 18.4 Å². The molecule has 0 unspecified atom stereocenters. The Morgan fingerprint density at radius 2 is 2.13 bits per heavy atom. The average molecular weight is 220 g/mol. The second kappa shape index (κ2) is 4.08. The molecule has 0 aliphatic carbocycles. The van der Waals surface area contributed by atoms with Crippen molar-refractivity contribution < 1.29 is 5.11 Å². The highest BCUT2D eigenvalue weighted by atomic mass is 32.1. The summed E-state index contributed by atoms with van der Waals surface area (Å²) in [5.74, 6) is 0.484. The van der Waals surface area contributed by atoms with Gasteiger partial charge in [0.2, 0.25) is 0 Å². The summed E-state index contributed by atoms with van der Waals surface area (Å²) in [6.45, 7) is 3.86. The minimum atomic E-state index is -0.112. The molecular weight excluding hydrogens is 208 g/mol. The van der Waals surface area contributed by atoms with E-state index in [9.17, 15) is 0 Å². The first kappa shape index (κ1) is 10.3. The summed E-state index contributed by atoms with van der Waals surface area (Å²) in [7, 11) is 0. The van der Waals surface area contributed by atoms with Crippen LogP contribution < -0.4 is 0 Å². The van der Waals surface area contributed by atoms with E-state index in [0.29, 0.717) is 5.82 Å². The van der Waals surface area contributed by atoms with Crippen LogP contribution in [0.4, 0.5) is 0 Å². The molecule has 0 saturated carbocycles. The minimum absolute atomic E-state index is 0.112. The van der Waals surface area contributed by atoms with Crippen molar-refractivity contribution in [2.45, 2.75) is 20.5 Å². The Bertz CT molecular complexity index is 479. The van der Waals surface area contributed by atoms with Crippen molar-refractivity contribution >= 4 is 11.3 Å². The molecule has 0 amide bonds. The lowest BCUT2D eigenvalue weighted by Crippen LogP contribution is -1.98. The van der Waals surface area contributed by atoms with E-state index in [-0.39, 0.29) is 6.61 Å². The second-order valence-corrected chi connectivity index (χ2v) is 4.32. The Labute approximate surface area is 92.5 Å². The molecule has 15 heavy (non-hydrogen) atoms. The molecule has 0 radical (unpaired) electrons. The summed E-state index contributed by atoms with van der Waals surface area (Å²) in [6.07, 6.45) is 0. The number of aliphatic hydroxyl groups excluding tert-OH is 1. The molecule has 0 aliphatic rings. The van der Waals surface area contributed by atoms with Crippen LogP contribution in [-0.2, 0) is 6.61 Å². The highest BCUT2D eigenvalue weighted by molar-refractivity contribution is 7.13. The van der Waals surface area contributed by atoms with Crippen LogP contribution in [0.2, 0.25) is 0 Å². The maximum Gasteiger partial charge on any atom is 0.154 e. The van der Waals surface area contributed by atoms with Gasteiger partial charge >= 0.3 is 0 Å². The minimum Gasteiger partial charge on any atom is -0.388 e. The summed E-state index contributed by atoms with van der Waals surface area (Å²) >= 11 is 1.66. The molecule has 1 N–H and O–H groups in total. The third-order valence-corrected chi connectivity index (χ3v) is 3.18. The molecular formula is C11H12N2OS. The second-order valence-electron chi connectivity index (χ2n) is 3.40. The highest BCUT2D eigenvalue weighted by Gasteiger charge is 2.07. The van der Waals surface area contributed by atoms with Crippen LogP contribution in [0.25, 0.3) is 10.6 Å². The molecule has 0 fully saturated rings. The van der Waals surface area contributed by atoms with Crippen molar-refractivity contribution in [3.05, 3.63) is 34.6 Å². The van der Waals surface area contributed by atoms with Crippen molar-refractivity contribution in [1.82, 2.24) is 9.97 Å². The Kier molecular flexibility index (Phi) is 2.79. The van der Waals surface area contributed by atoms with E-state index < -0.39 is 0 Å². The molecule has 2 rings (SSSR count). The van der Waals surface area contributed by atoms with Gasteiger partial charge in [0.05, 0.1) is 10.6 Å². The molecule has 78 valence electrons. The van der Waals surface area contributed by atoms with E-state index in [1.165, 1.54) is 5.56 Å². The zero-order valence-electron chi connectivity index (χ0n) is 8.69. The number of thiophene rings is 1. The number of nitrogens with zero attached hydrogens (tertiary/aromatic N) is 2. The third-order valence-electron chi connectivity index (χ3n) is 2.14. The van der Waals surface area contributed by atoms with Gasteiger partial charge in [0, 0.05) is 5.69 Å². The Hall–Kier alpha value is -1.26. The Morgan fingerprint density at radius 3 is 2.73 bits per heavy atom. The van der Waals surface area contributed by atoms with Crippen LogP contribution in [0.15, 0.2) is 17.5 Å². The summed E-state index contributed by atoms with van der Waals surface area (Å²) in [4.78, 5) is 9.59. The van der Waals surface area contributed by atoms with Crippen molar-refractivity contribution in [3.63, 3.8) is 0 Å². The molecule has 0 atom stereocenters. The van der Waals surface area contributed by atoms with Crippen LogP contribution in [0, 0.1) is 13.8 Å². The number of rotatable bonds is 2. The first-order chi connectivity index (χ1) is 7.20. The molecule has 0 saturated heterocycles. The standard InChI is InChI=1S/C11H12N2OS/c1-7-3-4-15-11(7)9-5-8(2)12-10(6-14)13-9/h3-5,14H,6H2,1-2H3. The fourth-order valence-electron chi connectivity index (χ4n) is 1.45. The highest BCUT2D eigenvalue weighted by Crippen LogP contribution is 2.27. The summed E-state index contributed by atoms with van der Waals surface area (Å²) in [5.41, 5.74) is 3.00. The Balaban J connectivity index is 2.53. The van der Waals surface area contributed by atoms with Gasteiger partial charge in [0.15, 0.2) is 5.82 Å². The maximum absolute atomic E-state index is 9.03. The van der Waals surface area contributed by atoms with Crippen molar-refractivity contribution in [2.24, 2.45) is 0 Å². The van der Waals surface area contributed by atoms with E-state index in [4.69, 9.17) is 5.11 Å². The van der Waals surface area contributed by atoms with Crippen molar-refractivity contribution in [2.75, 3.05) is 0 Å². The lowest BCUT2D eigenvalue weighted by atomic mass is 10.2. The fourth-order valence-corrected chi connectivity index (χ4v) is 2.34. The molecule has 3 nitrogen and oxygen atoms in total. The molecule has 2 aromatic rings. The van der Waals surface area contributed by atoms with Gasteiger partial charge in [-0.15, -0.1) is 11.3 Å². The predicted molar refractivity (Wildman–Crippen MR) is 60.7 cm³/mol. The van der Waals surface area contributed by atoms with Gasteiger partial charge in [-0.2, -0.15) is 0 Å². The van der Waals surface area contributed by atoms with Gasteiger partial charge in [-0.1, -0.05) is 0 Å². The molecule has 0 bridgehead atoms. The van der Waals surface area contributed by atoms with Crippen molar-refractivity contribution in [1.29, 1.82) is 0 Å². The molecule has 2 heterocycles. The van der Waals surface area contributed by atoms with Gasteiger partial charge in [-0.3, -0.25) is 0 Å². The number of aromatic nitrogens is 2. The maximum atomic E-state index is 9.03. The monoisotopic (exact) mass is 220 g/mol. The van der Waals surface area contributed by atoms with E-state index >= 15 is 0 Å². The first-order valence-corrected chi connectivity index (χ1v) is 5.58. The molecule has 0 aliphatic heterocycles. The van der Waals surface area contributed by atoms with Crippen LogP contribution >= 0.6 is 11.3 Å². The van der Waals surface area contributed by atoms with Crippen LogP contribution in [0.1, 0.15) is 17.1 Å². The first-order valence-electron chi connectivity index (χ1n) is 4.70. The topological polar surface area (TPSA) is 46.0 Å². The number of hydrogen-bond acceptors (Lipinski definition) is 4. The molecule has 4 heteroatoms. The normalized spacial score (nSPS) is 10.6. The quantitative estimate of drug-likeness (QED) is 0.844. The van der Waals surface area contributed by atoms with Crippen LogP contribution in [0.3, 0.4) is 0 Å². The lowest BCUT2D eigenvalue weighted by molar-refractivity contribution is 0.271. The van der Waals surface area contributed by atoms with E-state index in [1.54, 1.807) is 11.3 Å². The summed E-state index contributed by atoms with van der Waals surface area (Å²) in [6, 6.07) is 4.01. The van der Waals surface area contributed by atoms with Crippen molar-refractivity contribution in [3.8, 4) is 10.6 Å². The lowest BCUT2D eigenvalue weighted by Gasteiger charge is -2.03. The Morgan fingerprint density at radius 1 is 1.33 bits per heavy atom. The number of aliphatic hydroxyl groups is 1. The molecule has 0 spiro atoms. The van der Waals surface area contributed by atoms with E-state index in [2.05, 4.69) is 23.0 Å². The largest absolute Gasteiger partial charge is 0.388 e. The van der Waals surface area contributed by atoms with Gasteiger partial charge in [-0.05, 0) is 36.9 Å². The van der Waals surface area contributed by atoms with Crippen LogP contribution in [0.5, 0.6) is 0 Å². The van der Waals surface area contributed by atoms with Gasteiger partial charge < -0.3 is 5.11 Å². The van der Waals surface area contributed by atoms with E-state index in [0.717, 1.165) is 16.3 Å². The zero-order valence-corrected chi connectivity index (χ0v) is 9.51. The third kappa shape index (κ3) is 2.06. The van der Waals surface area contributed by atoms with Gasteiger partial charge in [0.25, 0.3) is 0 Å². The van der Waals surface area contributed by atoms with Gasteiger partial charge in [0.1, 0.15) is 6.61 Å². The summed E-state index contributed by atoms with van der Waals surface area (Å²) in [5, 5.41) is 11.1. The smallest absolute Gasteiger partial charge is 0.154 e.